The van der Waals surface area contributed by atoms with E-state index in [9.17, 15) is 9.59 Å². The minimum atomic E-state index is -0.108. The molecule has 0 radical (unpaired) electrons. The van der Waals surface area contributed by atoms with Crippen molar-refractivity contribution in [2.75, 3.05) is 14.2 Å². The van der Waals surface area contributed by atoms with Crippen LogP contribution in [0.2, 0.25) is 0 Å². The van der Waals surface area contributed by atoms with Gasteiger partial charge in [-0.05, 0) is 54.1 Å². The summed E-state index contributed by atoms with van der Waals surface area (Å²) in [5.74, 6) is 1.23. The second kappa shape index (κ2) is 8.02. The molecule has 1 N–H and O–H groups in total. The monoisotopic (exact) mass is 462 g/mol. The highest BCUT2D eigenvalue weighted by molar-refractivity contribution is 6.03. The molecule has 172 valence electrons. The van der Waals surface area contributed by atoms with Gasteiger partial charge in [0, 0.05) is 28.1 Å². The van der Waals surface area contributed by atoms with Crippen molar-refractivity contribution >= 4 is 43.6 Å². The number of nitrogens with zero attached hydrogens (tertiary/aromatic N) is 1. The molecule has 0 aliphatic carbocycles. The summed E-state index contributed by atoms with van der Waals surface area (Å²) >= 11 is 0. The van der Waals surface area contributed by atoms with E-state index in [1.54, 1.807) is 38.5 Å². The third kappa shape index (κ3) is 3.34. The number of rotatable bonds is 4. The van der Waals surface area contributed by atoms with E-state index >= 15 is 0 Å². The number of methoxy groups -OCH3 is 2. The van der Waals surface area contributed by atoms with E-state index in [0.29, 0.717) is 56.1 Å². The summed E-state index contributed by atoms with van der Waals surface area (Å²) < 4.78 is 12.8. The lowest BCUT2D eigenvalue weighted by Gasteiger charge is -2.17. The van der Waals surface area contributed by atoms with Crippen molar-refractivity contribution in [3.05, 3.63) is 105 Å². The highest BCUT2D eigenvalue weighted by atomic mass is 16.5. The van der Waals surface area contributed by atoms with Crippen LogP contribution in [0.15, 0.2) is 88.5 Å². The van der Waals surface area contributed by atoms with E-state index in [1.165, 1.54) is 0 Å². The summed E-state index contributed by atoms with van der Waals surface area (Å²) in [4.78, 5) is 30.5. The summed E-state index contributed by atoms with van der Waals surface area (Å²) in [7, 11) is 3.16. The number of hydrogen-bond acceptors (Lipinski definition) is 4. The van der Waals surface area contributed by atoms with Crippen molar-refractivity contribution in [1.29, 1.82) is 0 Å². The molecule has 0 aliphatic rings. The van der Waals surface area contributed by atoms with Gasteiger partial charge in [-0.1, -0.05) is 30.3 Å². The van der Waals surface area contributed by atoms with Crippen LogP contribution in [-0.2, 0) is 6.54 Å². The number of benzene rings is 4. The van der Waals surface area contributed by atoms with E-state index in [-0.39, 0.29) is 10.9 Å². The summed E-state index contributed by atoms with van der Waals surface area (Å²) in [5.41, 5.74) is 3.67. The molecule has 0 unspecified atom stereocenters. The molecule has 6 rings (SSSR count). The van der Waals surface area contributed by atoms with Gasteiger partial charge in [0.05, 0.1) is 36.3 Å². The first-order chi connectivity index (χ1) is 17.1. The largest absolute Gasteiger partial charge is 0.497 e. The minimum absolute atomic E-state index is 0.101. The number of pyridine rings is 2. The molecule has 2 heterocycles. The Balaban J connectivity index is 1.76. The smallest absolute Gasteiger partial charge is 0.197 e. The summed E-state index contributed by atoms with van der Waals surface area (Å²) in [6, 6.07) is 24.6. The van der Waals surface area contributed by atoms with Gasteiger partial charge in [-0.15, -0.1) is 0 Å². The van der Waals surface area contributed by atoms with Crippen LogP contribution in [0.25, 0.3) is 43.6 Å². The highest BCUT2D eigenvalue weighted by Gasteiger charge is 2.16. The molecule has 6 heteroatoms. The fourth-order valence-corrected chi connectivity index (χ4v) is 4.79. The molecule has 0 saturated heterocycles. The molecule has 0 saturated carbocycles. The first-order valence-electron chi connectivity index (χ1n) is 11.3. The molecule has 6 aromatic rings. The number of fused-ring (bicyclic) bond motifs is 4. The van der Waals surface area contributed by atoms with Gasteiger partial charge in [0.2, 0.25) is 0 Å². The molecule has 0 amide bonds. The van der Waals surface area contributed by atoms with Gasteiger partial charge < -0.3 is 19.0 Å². The van der Waals surface area contributed by atoms with Gasteiger partial charge in [-0.3, -0.25) is 9.59 Å². The van der Waals surface area contributed by atoms with Crippen LogP contribution in [0, 0.1) is 0 Å². The molecule has 4 aromatic carbocycles. The van der Waals surface area contributed by atoms with E-state index in [1.807, 2.05) is 54.6 Å². The molecule has 0 fully saturated rings. The molecular weight excluding hydrogens is 440 g/mol. The predicted molar refractivity (Wildman–Crippen MR) is 140 cm³/mol. The van der Waals surface area contributed by atoms with Gasteiger partial charge in [-0.25, -0.2) is 0 Å². The molecule has 2 aromatic heterocycles. The van der Waals surface area contributed by atoms with Crippen LogP contribution in [0.5, 0.6) is 11.5 Å². The average Bonchev–Trinajstić information content (AvgIpc) is 2.90. The summed E-state index contributed by atoms with van der Waals surface area (Å²) in [5, 5.41) is 2.17. The van der Waals surface area contributed by atoms with Gasteiger partial charge >= 0.3 is 0 Å². The lowest BCUT2D eigenvalue weighted by atomic mass is 10.0. The van der Waals surface area contributed by atoms with E-state index < -0.39 is 0 Å². The number of ether oxygens (including phenoxy) is 2. The number of nitrogens with one attached hydrogen (secondary N) is 1. The van der Waals surface area contributed by atoms with E-state index in [2.05, 4.69) is 9.55 Å². The lowest BCUT2D eigenvalue weighted by molar-refractivity contribution is 0.415. The third-order valence-corrected chi connectivity index (χ3v) is 6.58. The van der Waals surface area contributed by atoms with Crippen LogP contribution in [0.3, 0.4) is 0 Å². The van der Waals surface area contributed by atoms with Crippen molar-refractivity contribution < 1.29 is 9.47 Å². The molecule has 0 atom stereocenters. The first-order valence-corrected chi connectivity index (χ1v) is 11.3. The van der Waals surface area contributed by atoms with E-state index in [0.717, 1.165) is 11.1 Å². The van der Waals surface area contributed by atoms with Gasteiger partial charge in [0.15, 0.2) is 10.9 Å². The molecular formula is C29H22N2O4. The van der Waals surface area contributed by atoms with Crippen LogP contribution in [0.1, 0.15) is 5.56 Å². The van der Waals surface area contributed by atoms with Crippen molar-refractivity contribution in [1.82, 2.24) is 9.55 Å². The topological polar surface area (TPSA) is 73.3 Å². The quantitative estimate of drug-likeness (QED) is 0.365. The zero-order valence-electron chi connectivity index (χ0n) is 19.3. The Morgan fingerprint density at radius 2 is 1.29 bits per heavy atom. The SMILES string of the molecule is COc1ccc2[nH]c3cc4c(=O)c5cc(OC)ccc5n(Cc5ccccc5)c4cc3c(=O)c2c1. The summed E-state index contributed by atoms with van der Waals surface area (Å²) in [6.45, 7) is 0.547. The molecule has 0 bridgehead atoms. The van der Waals surface area contributed by atoms with Crippen molar-refractivity contribution in [2.45, 2.75) is 6.54 Å². The second-order valence-corrected chi connectivity index (χ2v) is 8.56. The predicted octanol–water partition coefficient (Wildman–Crippen LogP) is 5.21. The maximum atomic E-state index is 13.7. The average molecular weight is 463 g/mol. The molecule has 35 heavy (non-hydrogen) atoms. The zero-order valence-corrected chi connectivity index (χ0v) is 19.3. The third-order valence-electron chi connectivity index (χ3n) is 6.58. The van der Waals surface area contributed by atoms with E-state index in [4.69, 9.17) is 9.47 Å². The lowest BCUT2D eigenvalue weighted by Crippen LogP contribution is -2.14. The number of aromatic nitrogens is 2. The maximum absolute atomic E-state index is 13.7. The van der Waals surface area contributed by atoms with Crippen LogP contribution in [-0.4, -0.2) is 23.8 Å². The fraction of sp³-hybridized carbons (Fsp3) is 0.103. The zero-order chi connectivity index (χ0) is 24.1. The van der Waals surface area contributed by atoms with Crippen molar-refractivity contribution in [3.8, 4) is 11.5 Å². The standard InChI is InChI=1S/C29H22N2O4/c1-34-18-8-10-24-20(12-18)28(32)21-15-27-23(14-25(21)30-24)29(33)22-13-19(35-2)9-11-26(22)31(27)16-17-6-4-3-5-7-17/h3-15H,16H2,1-2H3,(H,30,32). The van der Waals surface area contributed by atoms with Crippen LogP contribution >= 0.6 is 0 Å². The van der Waals surface area contributed by atoms with Gasteiger partial charge in [-0.2, -0.15) is 0 Å². The van der Waals surface area contributed by atoms with Crippen molar-refractivity contribution in [3.63, 3.8) is 0 Å². The van der Waals surface area contributed by atoms with Gasteiger partial charge in [0.25, 0.3) is 0 Å². The first kappa shape index (κ1) is 21.0. The second-order valence-electron chi connectivity index (χ2n) is 8.56. The normalized spacial score (nSPS) is 11.5. The fourth-order valence-electron chi connectivity index (χ4n) is 4.79. The summed E-state index contributed by atoms with van der Waals surface area (Å²) in [6.07, 6.45) is 0. The van der Waals surface area contributed by atoms with Gasteiger partial charge in [0.1, 0.15) is 11.5 Å². The maximum Gasteiger partial charge on any atom is 0.197 e. The highest BCUT2D eigenvalue weighted by Crippen LogP contribution is 2.28. The Morgan fingerprint density at radius 1 is 0.657 bits per heavy atom. The van der Waals surface area contributed by atoms with Crippen LogP contribution in [0.4, 0.5) is 0 Å². The minimum Gasteiger partial charge on any atom is -0.497 e. The number of hydrogen-bond donors (Lipinski definition) is 1. The molecule has 0 spiro atoms. The Bertz CT molecular complexity index is 1890. The Labute approximate surface area is 200 Å². The number of H-pyrrole nitrogens is 1. The Hall–Kier alpha value is -4.58. The molecule has 6 nitrogen and oxygen atoms in total. The Kier molecular flexibility index (Phi) is 4.81. The number of aromatic amines is 1. The van der Waals surface area contributed by atoms with Crippen molar-refractivity contribution in [2.24, 2.45) is 0 Å². The van der Waals surface area contributed by atoms with Crippen LogP contribution < -0.4 is 20.3 Å². The molecule has 0 aliphatic heterocycles. The Morgan fingerprint density at radius 3 is 2.03 bits per heavy atom.